The molecule has 0 amide bonds. The van der Waals surface area contributed by atoms with Gasteiger partial charge in [-0.25, -0.2) is 19.9 Å². The van der Waals surface area contributed by atoms with E-state index in [1.807, 2.05) is 0 Å². The van der Waals surface area contributed by atoms with E-state index < -0.39 is 74.7 Å². The fourth-order valence-electron chi connectivity index (χ4n) is 5.37. The topological polar surface area (TPSA) is 303 Å². The first-order valence-electron chi connectivity index (χ1n) is 13.6. The molecule has 21 nitrogen and oxygen atoms in total. The van der Waals surface area contributed by atoms with Crippen LogP contribution in [0.1, 0.15) is 24.9 Å². The predicted octanol–water partition coefficient (Wildman–Crippen LogP) is -0.604. The third kappa shape index (κ3) is 6.90. The van der Waals surface area contributed by atoms with Crippen molar-refractivity contribution in [3.8, 4) is 0 Å². The molecule has 0 spiro atoms. The molecule has 6 heterocycles. The second-order valence-corrected chi connectivity index (χ2v) is 15.6. The highest BCUT2D eigenvalue weighted by molar-refractivity contribution is 8.07. The van der Waals surface area contributed by atoms with Crippen LogP contribution in [0.15, 0.2) is 23.8 Å². The molecule has 25 heteroatoms. The van der Waals surface area contributed by atoms with Crippen molar-refractivity contribution in [2.24, 2.45) is 0 Å². The molecular formula is C22H29N10O11P2S2+. The van der Waals surface area contributed by atoms with Crippen LogP contribution in [0.5, 0.6) is 0 Å². The summed E-state index contributed by atoms with van der Waals surface area (Å²) < 4.78 is 42.4. The van der Waals surface area contributed by atoms with Crippen molar-refractivity contribution in [1.82, 2.24) is 39.0 Å². The lowest BCUT2D eigenvalue weighted by Crippen LogP contribution is -2.35. The van der Waals surface area contributed by atoms with E-state index in [2.05, 4.69) is 34.4 Å². The number of nitrogens with one attached hydrogen (secondary N) is 1. The Morgan fingerprint density at radius 1 is 1.23 bits per heavy atom. The van der Waals surface area contributed by atoms with E-state index in [9.17, 15) is 24.5 Å². The van der Waals surface area contributed by atoms with Gasteiger partial charge in [-0.2, -0.15) is 4.98 Å². The number of hydrogen-bond acceptors (Lipinski definition) is 18. The van der Waals surface area contributed by atoms with Gasteiger partial charge >= 0.3 is 15.0 Å². The zero-order valence-corrected chi connectivity index (χ0v) is 27.6. The highest BCUT2D eigenvalue weighted by atomic mass is 32.5. The number of thioether (sulfide) groups is 1. The Morgan fingerprint density at radius 2 is 1.98 bits per heavy atom. The number of anilines is 2. The highest BCUT2D eigenvalue weighted by Gasteiger charge is 2.50. The predicted molar refractivity (Wildman–Crippen MR) is 167 cm³/mol. The average molecular weight is 736 g/mol. The quantitative estimate of drug-likeness (QED) is 0.0705. The first kappa shape index (κ1) is 34.1. The summed E-state index contributed by atoms with van der Waals surface area (Å²) in [6.07, 6.45) is -0.201. The molecule has 2 saturated heterocycles. The number of aromatic amines is 1. The average Bonchev–Trinajstić information content (AvgIpc) is 3.77. The number of imidazole rings is 2. The van der Waals surface area contributed by atoms with Crippen LogP contribution in [0.2, 0.25) is 0 Å². The van der Waals surface area contributed by atoms with Gasteiger partial charge in [-0.1, -0.05) is 4.52 Å². The van der Waals surface area contributed by atoms with E-state index >= 15 is 0 Å². The molecule has 6 rings (SSSR count). The molecule has 0 radical (unpaired) electrons. The van der Waals surface area contributed by atoms with Crippen molar-refractivity contribution >= 4 is 72.6 Å². The minimum atomic E-state index is -4.15. The number of aliphatic hydroxyl groups is 2. The number of rotatable bonds is 12. The Morgan fingerprint density at radius 3 is 2.72 bits per heavy atom. The summed E-state index contributed by atoms with van der Waals surface area (Å²) in [4.78, 5) is 55.6. The number of hydrogen-bond donors (Lipinski definition) is 7. The van der Waals surface area contributed by atoms with Gasteiger partial charge in [0.1, 0.15) is 29.4 Å². The normalized spacial score (nSPS) is 29.5. The highest BCUT2D eigenvalue weighted by Crippen LogP contribution is 2.54. The van der Waals surface area contributed by atoms with Crippen LogP contribution in [0.4, 0.5) is 11.8 Å². The number of H-pyrrole nitrogens is 1. The molecule has 0 bridgehead atoms. The Bertz CT molecular complexity index is 1910. The Labute approximate surface area is 273 Å². The molecule has 2 unspecified atom stereocenters. The molecule has 254 valence electrons. The Hall–Kier alpha value is -2.76. The zero-order valence-electron chi connectivity index (χ0n) is 24.2. The van der Waals surface area contributed by atoms with Gasteiger partial charge in [0.25, 0.3) is 5.56 Å². The molecular weight excluding hydrogens is 706 g/mol. The van der Waals surface area contributed by atoms with Crippen LogP contribution in [0.25, 0.3) is 22.3 Å². The number of nitrogens with two attached hydrogens (primary N) is 2. The van der Waals surface area contributed by atoms with Crippen LogP contribution < -0.4 is 17.0 Å². The maximum absolute atomic E-state index is 12.3. The summed E-state index contributed by atoms with van der Waals surface area (Å²) in [6, 6.07) is 0. The number of aliphatic hydroxyl groups excluding tert-OH is 2. The first-order chi connectivity index (χ1) is 22.3. The van der Waals surface area contributed by atoms with Crippen molar-refractivity contribution in [1.29, 1.82) is 0 Å². The monoisotopic (exact) mass is 735 g/mol. The summed E-state index contributed by atoms with van der Waals surface area (Å²) in [5.74, 6) is -0.0286. The van der Waals surface area contributed by atoms with Crippen LogP contribution in [-0.4, -0.2) is 108 Å². The molecule has 0 aliphatic carbocycles. The molecule has 9 atom stereocenters. The lowest BCUT2D eigenvalue weighted by Gasteiger charge is -2.30. The minimum absolute atomic E-state index is 0.0196. The first-order valence-corrected chi connectivity index (χ1v) is 18.3. The SMILES string of the molecule is C[C@]1(COP(O)(=S)O[C@@H]2[C@H](O)[C@@H](CO)S[C@H]2n2cnc3c(=O)[nH]c(N)nc32)C[C@@H](OCO[P+](=O)O)[C@H](n2cnc3c(N)ncnc32)O1. The van der Waals surface area contributed by atoms with Crippen molar-refractivity contribution in [3.05, 3.63) is 29.3 Å². The summed E-state index contributed by atoms with van der Waals surface area (Å²) in [6.45, 7) is -3.81. The maximum Gasteiger partial charge on any atom is 0.697 e. The van der Waals surface area contributed by atoms with Crippen molar-refractivity contribution in [3.63, 3.8) is 0 Å². The van der Waals surface area contributed by atoms with Crippen LogP contribution in [0.3, 0.4) is 0 Å². The summed E-state index contributed by atoms with van der Waals surface area (Å²) in [5, 5.41) is 19.3. The van der Waals surface area contributed by atoms with Gasteiger partial charge < -0.3 is 40.6 Å². The number of nitrogens with zero attached hydrogens (tertiary/aromatic N) is 7. The third-order valence-corrected chi connectivity index (χ3v) is 10.9. The van der Waals surface area contributed by atoms with E-state index in [1.54, 1.807) is 11.5 Å². The van der Waals surface area contributed by atoms with Crippen LogP contribution in [-0.2, 0) is 39.4 Å². The van der Waals surface area contributed by atoms with E-state index in [0.717, 1.165) is 11.8 Å². The van der Waals surface area contributed by atoms with Gasteiger partial charge in [0.2, 0.25) is 12.7 Å². The standard InChI is InChI=1S/C22H28N10O11P2S2/c1-22(2-9(39-8-40-44(36)37)19(42-22)31-6-27-11-15(23)25-5-26-16(11)31)4-41-45(38,46)43-14-13(34)10(3-33)47-20(14)32-7-28-12-17(32)29-21(24)30-18(12)35/h5-7,9-10,13-14,19-20,33-34H,2-4,8H2,1H3,(H6-,23,24,25,26,29,30,35,36,37,38,46)/p+1/t9-,10-,13-,14-,19-,20-,22-,45?/m1/s1. The molecule has 4 aromatic rings. The molecule has 0 saturated carbocycles. The molecule has 2 fully saturated rings. The number of nitrogen functional groups attached to an aromatic ring is 2. The maximum atomic E-state index is 12.3. The van der Waals surface area contributed by atoms with Crippen molar-refractivity contribution in [2.45, 2.75) is 54.1 Å². The lowest BCUT2D eigenvalue weighted by atomic mass is 10.0. The van der Waals surface area contributed by atoms with E-state index in [4.69, 9.17) is 46.7 Å². The van der Waals surface area contributed by atoms with Crippen molar-refractivity contribution in [2.75, 3.05) is 31.5 Å². The Balaban J connectivity index is 1.21. The van der Waals surface area contributed by atoms with Crippen LogP contribution >= 0.6 is 26.7 Å². The third-order valence-electron chi connectivity index (χ3n) is 7.47. The molecule has 9 N–H and O–H groups in total. The minimum Gasteiger partial charge on any atom is -0.395 e. The second kappa shape index (κ2) is 13.3. The van der Waals surface area contributed by atoms with E-state index in [1.165, 1.54) is 23.5 Å². The van der Waals surface area contributed by atoms with Gasteiger partial charge in [-0.3, -0.25) is 23.4 Å². The fourth-order valence-corrected chi connectivity index (χ4v) is 8.52. The summed E-state index contributed by atoms with van der Waals surface area (Å²) >= 11 is 6.43. The largest absolute Gasteiger partial charge is 0.697 e. The summed E-state index contributed by atoms with van der Waals surface area (Å²) in [7, 11) is -2.93. The molecule has 4 aromatic heterocycles. The van der Waals surface area contributed by atoms with E-state index in [0.29, 0.717) is 11.2 Å². The number of fused-ring (bicyclic) bond motifs is 2. The molecule has 0 aromatic carbocycles. The van der Waals surface area contributed by atoms with Gasteiger partial charge in [0, 0.05) is 11.0 Å². The van der Waals surface area contributed by atoms with Gasteiger partial charge in [0.15, 0.2) is 28.9 Å². The fraction of sp³-hybridized carbons (Fsp3) is 0.545. The van der Waals surface area contributed by atoms with Gasteiger partial charge in [-0.05, 0) is 18.7 Å². The van der Waals surface area contributed by atoms with Gasteiger partial charge in [-0.15, -0.1) is 16.7 Å². The van der Waals surface area contributed by atoms with E-state index in [-0.39, 0.29) is 36.0 Å². The lowest BCUT2D eigenvalue weighted by molar-refractivity contribution is -0.119. The Kier molecular flexibility index (Phi) is 9.63. The molecule has 2 aliphatic heterocycles. The van der Waals surface area contributed by atoms with Crippen molar-refractivity contribution < 1.29 is 47.6 Å². The number of aromatic nitrogens is 8. The smallest absolute Gasteiger partial charge is 0.395 e. The molecule has 47 heavy (non-hydrogen) atoms. The van der Waals surface area contributed by atoms with Crippen LogP contribution in [0, 0.1) is 0 Å². The number of ether oxygens (including phenoxy) is 2. The zero-order chi connectivity index (χ0) is 33.7. The van der Waals surface area contributed by atoms with Gasteiger partial charge in [0.05, 0.1) is 42.8 Å². The molecule has 2 aliphatic rings. The summed E-state index contributed by atoms with van der Waals surface area (Å²) in [5.41, 5.74) is 10.6. The second-order valence-electron chi connectivity index (χ2n) is 10.8.